The Morgan fingerprint density at radius 2 is 2.00 bits per heavy atom. The van der Waals surface area contributed by atoms with E-state index in [1.807, 2.05) is 18.2 Å². The van der Waals surface area contributed by atoms with Crippen molar-refractivity contribution in [1.82, 2.24) is 10.1 Å². The number of likely N-dealkylation sites (N-methyl/N-ethyl adjacent to an activating group) is 1. The first-order valence-electron chi connectivity index (χ1n) is 10.6. The molecule has 160 valence electrons. The maximum atomic E-state index is 5.55. The molecule has 0 amide bonds. The van der Waals surface area contributed by atoms with E-state index in [9.17, 15) is 0 Å². The van der Waals surface area contributed by atoms with Gasteiger partial charge in [0.05, 0.1) is 6.54 Å². The zero-order valence-corrected chi connectivity index (χ0v) is 19.6. The molecule has 3 rings (SSSR count). The number of aromatic nitrogens is 1. The summed E-state index contributed by atoms with van der Waals surface area (Å²) in [5.74, 6) is 7.19. The Bertz CT molecular complexity index is 1070. The third-order valence-electron chi connectivity index (χ3n) is 4.60. The Balaban J connectivity index is 1.57. The summed E-state index contributed by atoms with van der Waals surface area (Å²) < 4.78 is 5.55. The number of thiophene rings is 1. The number of benzene rings is 1. The normalized spacial score (nSPS) is 12.0. The van der Waals surface area contributed by atoms with Gasteiger partial charge in [0.2, 0.25) is 0 Å². The highest BCUT2D eigenvalue weighted by Crippen LogP contribution is 2.23. The number of allylic oxidation sites excluding steroid dienone is 1. The van der Waals surface area contributed by atoms with Crippen LogP contribution in [0.25, 0.3) is 23.3 Å². The molecule has 0 N–H and O–H groups in total. The molecule has 0 spiro atoms. The molecule has 2 heterocycles. The first kappa shape index (κ1) is 22.8. The molecule has 0 aliphatic carbocycles. The summed E-state index contributed by atoms with van der Waals surface area (Å²) in [7, 11) is 0. The highest BCUT2D eigenvalue weighted by Gasteiger charge is 2.07. The molecule has 3 aromatic rings. The standard InChI is InChI=1S/C27H30N2OS/c1-5-29(16-8-6-7-15-27(2,3)4)20-26-19-25(28-30-26)13-12-22-10-9-11-23(18-22)24-14-17-31-21-24/h6,8-14,17-19,21H,5,16,20H2,1-4H3/b8-6+,13-12+. The molecule has 3 nitrogen and oxygen atoms in total. The largest absolute Gasteiger partial charge is 0.359 e. The zero-order valence-electron chi connectivity index (χ0n) is 18.8. The summed E-state index contributed by atoms with van der Waals surface area (Å²) in [5, 5.41) is 8.47. The Kier molecular flexibility index (Phi) is 8.06. The zero-order chi connectivity index (χ0) is 22.1. The third-order valence-corrected chi connectivity index (χ3v) is 5.29. The lowest BCUT2D eigenvalue weighted by molar-refractivity contribution is 0.261. The van der Waals surface area contributed by atoms with Crippen LogP contribution in [0.15, 0.2) is 63.8 Å². The summed E-state index contributed by atoms with van der Waals surface area (Å²) >= 11 is 1.71. The molecule has 0 radical (unpaired) electrons. The second-order valence-corrected chi connectivity index (χ2v) is 9.22. The molecule has 4 heteroatoms. The van der Waals surface area contributed by atoms with E-state index in [1.54, 1.807) is 11.3 Å². The van der Waals surface area contributed by atoms with E-state index in [2.05, 4.69) is 103 Å². The van der Waals surface area contributed by atoms with Gasteiger partial charge in [0, 0.05) is 18.0 Å². The van der Waals surface area contributed by atoms with Crippen LogP contribution in [0.2, 0.25) is 0 Å². The van der Waals surface area contributed by atoms with Crippen LogP contribution in [-0.2, 0) is 6.54 Å². The Labute approximate surface area is 190 Å². The molecule has 2 aromatic heterocycles. The van der Waals surface area contributed by atoms with E-state index < -0.39 is 0 Å². The predicted octanol–water partition coefficient (Wildman–Crippen LogP) is 7.00. The van der Waals surface area contributed by atoms with Crippen LogP contribution < -0.4 is 0 Å². The molecule has 0 atom stereocenters. The minimum Gasteiger partial charge on any atom is -0.359 e. The Hall–Kier alpha value is -2.87. The fourth-order valence-corrected chi connectivity index (χ4v) is 3.62. The van der Waals surface area contributed by atoms with Crippen LogP contribution >= 0.6 is 11.3 Å². The van der Waals surface area contributed by atoms with Crippen molar-refractivity contribution in [1.29, 1.82) is 0 Å². The number of nitrogens with zero attached hydrogens (tertiary/aromatic N) is 2. The molecular weight excluding hydrogens is 400 g/mol. The van der Waals surface area contributed by atoms with Crippen molar-refractivity contribution in [2.24, 2.45) is 5.41 Å². The first-order chi connectivity index (χ1) is 14.9. The smallest absolute Gasteiger partial charge is 0.151 e. The van der Waals surface area contributed by atoms with Gasteiger partial charge >= 0.3 is 0 Å². The summed E-state index contributed by atoms with van der Waals surface area (Å²) in [6, 6.07) is 12.7. The lowest BCUT2D eigenvalue weighted by atomic mass is 9.98. The second kappa shape index (κ2) is 10.9. The summed E-state index contributed by atoms with van der Waals surface area (Å²) in [4.78, 5) is 2.29. The maximum absolute atomic E-state index is 5.55. The monoisotopic (exact) mass is 430 g/mol. The highest BCUT2D eigenvalue weighted by atomic mass is 32.1. The van der Waals surface area contributed by atoms with Crippen molar-refractivity contribution in [2.45, 2.75) is 34.2 Å². The van der Waals surface area contributed by atoms with Gasteiger partial charge in [-0.15, -0.1) is 0 Å². The van der Waals surface area contributed by atoms with Gasteiger partial charge in [-0.05, 0) is 79.1 Å². The average molecular weight is 431 g/mol. The summed E-state index contributed by atoms with van der Waals surface area (Å²) in [6.07, 6.45) is 8.11. The van der Waals surface area contributed by atoms with Crippen molar-refractivity contribution >= 4 is 23.5 Å². The molecule has 0 saturated carbocycles. The Morgan fingerprint density at radius 3 is 2.74 bits per heavy atom. The highest BCUT2D eigenvalue weighted by molar-refractivity contribution is 7.08. The van der Waals surface area contributed by atoms with Gasteiger partial charge in [-0.3, -0.25) is 4.90 Å². The molecule has 0 aliphatic rings. The van der Waals surface area contributed by atoms with Gasteiger partial charge in [-0.2, -0.15) is 11.3 Å². The van der Waals surface area contributed by atoms with Crippen LogP contribution in [0.4, 0.5) is 0 Å². The van der Waals surface area contributed by atoms with Crippen molar-refractivity contribution < 1.29 is 4.52 Å². The van der Waals surface area contributed by atoms with Gasteiger partial charge in [-0.25, -0.2) is 0 Å². The molecule has 0 bridgehead atoms. The second-order valence-electron chi connectivity index (χ2n) is 8.44. The maximum Gasteiger partial charge on any atom is 0.151 e. The Morgan fingerprint density at radius 1 is 1.13 bits per heavy atom. The van der Waals surface area contributed by atoms with E-state index in [-0.39, 0.29) is 5.41 Å². The quantitative estimate of drug-likeness (QED) is 0.360. The van der Waals surface area contributed by atoms with Gasteiger partial charge in [-0.1, -0.05) is 54.3 Å². The molecule has 0 fully saturated rings. The van der Waals surface area contributed by atoms with E-state index in [1.165, 1.54) is 11.1 Å². The predicted molar refractivity (Wildman–Crippen MR) is 133 cm³/mol. The third kappa shape index (κ3) is 7.71. The lowest BCUT2D eigenvalue weighted by Crippen LogP contribution is -2.22. The molecule has 0 unspecified atom stereocenters. The molecular formula is C27H30N2OS. The van der Waals surface area contributed by atoms with Crippen LogP contribution in [0.5, 0.6) is 0 Å². The number of hydrogen-bond donors (Lipinski definition) is 0. The van der Waals surface area contributed by atoms with Crippen molar-refractivity contribution in [3.63, 3.8) is 0 Å². The van der Waals surface area contributed by atoms with E-state index in [4.69, 9.17) is 4.52 Å². The van der Waals surface area contributed by atoms with Crippen molar-refractivity contribution in [3.8, 4) is 23.0 Å². The molecule has 0 saturated heterocycles. The lowest BCUT2D eigenvalue weighted by Gasteiger charge is -2.15. The van der Waals surface area contributed by atoms with E-state index in [0.717, 1.165) is 36.7 Å². The summed E-state index contributed by atoms with van der Waals surface area (Å²) in [6.45, 7) is 11.0. The van der Waals surface area contributed by atoms with Crippen molar-refractivity contribution in [3.05, 3.63) is 76.3 Å². The first-order valence-corrected chi connectivity index (χ1v) is 11.5. The molecule has 31 heavy (non-hydrogen) atoms. The number of rotatable bonds is 8. The fraction of sp³-hybridized carbons (Fsp3) is 0.296. The minimum absolute atomic E-state index is 0.0315. The fourth-order valence-electron chi connectivity index (χ4n) is 2.96. The number of hydrogen-bond acceptors (Lipinski definition) is 4. The van der Waals surface area contributed by atoms with Gasteiger partial charge in [0.15, 0.2) is 5.76 Å². The molecule has 1 aromatic carbocycles. The topological polar surface area (TPSA) is 29.3 Å². The van der Waals surface area contributed by atoms with Gasteiger partial charge < -0.3 is 4.52 Å². The summed E-state index contributed by atoms with van der Waals surface area (Å²) in [5.41, 5.74) is 4.48. The molecule has 0 aliphatic heterocycles. The van der Waals surface area contributed by atoms with Crippen LogP contribution in [0, 0.1) is 17.3 Å². The minimum atomic E-state index is 0.0315. The van der Waals surface area contributed by atoms with Gasteiger partial charge in [0.25, 0.3) is 0 Å². The van der Waals surface area contributed by atoms with Crippen LogP contribution in [0.3, 0.4) is 0 Å². The average Bonchev–Trinajstić information content (AvgIpc) is 3.43. The van der Waals surface area contributed by atoms with Crippen molar-refractivity contribution in [2.75, 3.05) is 13.1 Å². The SMILES string of the molecule is CCN(C/C=C/C#CC(C)(C)C)Cc1cc(/C=C/c2cccc(-c3ccsc3)c2)no1. The van der Waals surface area contributed by atoms with E-state index >= 15 is 0 Å². The van der Waals surface area contributed by atoms with Crippen LogP contribution in [-0.4, -0.2) is 23.1 Å². The van der Waals surface area contributed by atoms with Gasteiger partial charge in [0.1, 0.15) is 5.69 Å². The van der Waals surface area contributed by atoms with Crippen LogP contribution in [0.1, 0.15) is 44.7 Å². The van der Waals surface area contributed by atoms with E-state index in [0.29, 0.717) is 0 Å².